The van der Waals surface area contributed by atoms with Crippen LogP contribution >= 0.6 is 11.3 Å². The van der Waals surface area contributed by atoms with Gasteiger partial charge in [0.15, 0.2) is 5.69 Å². The summed E-state index contributed by atoms with van der Waals surface area (Å²) in [7, 11) is 6.23. The summed E-state index contributed by atoms with van der Waals surface area (Å²) >= 11 is 1.79. The predicted molar refractivity (Wildman–Crippen MR) is 70.0 cm³/mol. The van der Waals surface area contributed by atoms with Gasteiger partial charge in [0.2, 0.25) is 0 Å². The average molecular weight is 360 g/mol. The second-order valence-corrected chi connectivity index (χ2v) is 5.04. The van der Waals surface area contributed by atoms with Crippen LogP contribution in [0.25, 0.3) is 10.6 Å². The van der Waals surface area contributed by atoms with Crippen LogP contribution in [0.4, 0.5) is 5.69 Å². The first-order chi connectivity index (χ1) is 7.59. The minimum atomic E-state index is 0. The summed E-state index contributed by atoms with van der Waals surface area (Å²) in [6, 6.07) is 8.68. The zero-order valence-corrected chi connectivity index (χ0v) is 13.5. The summed E-state index contributed by atoms with van der Waals surface area (Å²) in [5.41, 5.74) is 3.82. The minimum absolute atomic E-state index is 0. The van der Waals surface area contributed by atoms with Crippen LogP contribution in [0.3, 0.4) is 0 Å². The molecule has 0 fully saturated rings. The fraction of sp³-hybridized carbons (Fsp3) is 0.308. The van der Waals surface area contributed by atoms with Crippen molar-refractivity contribution >= 4 is 17.0 Å². The molecule has 2 aromatic rings. The number of hydrogen-bond acceptors (Lipinski definition) is 2. The highest BCUT2D eigenvalue weighted by Crippen LogP contribution is 2.23. The molecule has 0 aliphatic carbocycles. The van der Waals surface area contributed by atoms with E-state index in [0.717, 1.165) is 0 Å². The molecule has 0 amide bonds. The van der Waals surface area contributed by atoms with Crippen LogP contribution < -0.4 is 33.4 Å². The van der Waals surface area contributed by atoms with Gasteiger partial charge >= 0.3 is 0 Å². The Balaban J connectivity index is 0.00000144. The van der Waals surface area contributed by atoms with Gasteiger partial charge in [-0.1, -0.05) is 11.3 Å². The number of thiazole rings is 1. The van der Waals surface area contributed by atoms with Crippen molar-refractivity contribution in [2.45, 2.75) is 6.92 Å². The summed E-state index contributed by atoms with van der Waals surface area (Å²) in [5.74, 6) is 0. The Morgan fingerprint density at radius 3 is 2.12 bits per heavy atom. The van der Waals surface area contributed by atoms with E-state index >= 15 is 0 Å². The molecular weight excluding hydrogens is 343 g/mol. The van der Waals surface area contributed by atoms with Gasteiger partial charge in [-0.15, -0.1) is 0 Å². The highest BCUT2D eigenvalue weighted by molar-refractivity contribution is 7.12. The van der Waals surface area contributed by atoms with E-state index in [1.165, 1.54) is 22.0 Å². The maximum absolute atomic E-state index is 2.23. The molecular formula is C13H17IN2S. The van der Waals surface area contributed by atoms with Crippen molar-refractivity contribution in [2.24, 2.45) is 7.05 Å². The largest absolute Gasteiger partial charge is 1.00 e. The molecule has 0 aliphatic heterocycles. The molecule has 0 atom stereocenters. The van der Waals surface area contributed by atoms with Gasteiger partial charge in [0.25, 0.3) is 5.01 Å². The van der Waals surface area contributed by atoms with Crippen molar-refractivity contribution in [3.8, 4) is 10.6 Å². The van der Waals surface area contributed by atoms with Gasteiger partial charge in [-0.25, -0.2) is 0 Å². The predicted octanol–water partition coefficient (Wildman–Crippen LogP) is -0.382. The van der Waals surface area contributed by atoms with Crippen molar-refractivity contribution in [1.82, 2.24) is 0 Å². The summed E-state index contributed by atoms with van der Waals surface area (Å²) in [4.78, 5) is 2.11. The van der Waals surface area contributed by atoms with Gasteiger partial charge in [0.1, 0.15) is 7.05 Å². The molecule has 0 N–H and O–H groups in total. The fourth-order valence-corrected chi connectivity index (χ4v) is 2.64. The molecule has 92 valence electrons. The number of aromatic nitrogens is 1. The molecule has 0 spiro atoms. The van der Waals surface area contributed by atoms with Crippen molar-refractivity contribution in [2.75, 3.05) is 19.0 Å². The lowest BCUT2D eigenvalue weighted by molar-refractivity contribution is -0.662. The highest BCUT2D eigenvalue weighted by atomic mass is 127. The molecule has 0 radical (unpaired) electrons. The fourth-order valence-electron chi connectivity index (χ4n) is 1.62. The molecule has 1 aromatic carbocycles. The molecule has 1 heterocycles. The van der Waals surface area contributed by atoms with E-state index in [-0.39, 0.29) is 24.0 Å². The summed E-state index contributed by atoms with van der Waals surface area (Å²) < 4.78 is 2.23. The number of hydrogen-bond donors (Lipinski definition) is 0. The Morgan fingerprint density at radius 2 is 1.71 bits per heavy atom. The number of rotatable bonds is 2. The monoisotopic (exact) mass is 360 g/mol. The van der Waals surface area contributed by atoms with Crippen LogP contribution in [0, 0.1) is 6.92 Å². The number of halogens is 1. The number of nitrogens with zero attached hydrogens (tertiary/aromatic N) is 2. The molecule has 4 heteroatoms. The number of benzene rings is 1. The van der Waals surface area contributed by atoms with Crippen LogP contribution in [0.15, 0.2) is 29.6 Å². The quantitative estimate of drug-likeness (QED) is 0.523. The van der Waals surface area contributed by atoms with Gasteiger partial charge in [0, 0.05) is 26.7 Å². The first-order valence-electron chi connectivity index (χ1n) is 5.31. The van der Waals surface area contributed by atoms with Crippen LogP contribution in [-0.2, 0) is 7.05 Å². The topological polar surface area (TPSA) is 7.12 Å². The van der Waals surface area contributed by atoms with Crippen molar-refractivity contribution < 1.29 is 28.5 Å². The highest BCUT2D eigenvalue weighted by Gasteiger charge is 2.14. The SMILES string of the molecule is Cc1csc(-c2ccc(N(C)C)cc2)[n+]1C.[I-]. The second-order valence-electron chi connectivity index (χ2n) is 4.18. The van der Waals surface area contributed by atoms with Crippen LogP contribution in [0.5, 0.6) is 0 Å². The standard InChI is InChI=1S/C13H17N2S.HI/c1-10-9-16-13(15(10)4)11-5-7-12(8-6-11)14(2)3;/h5-9H,1-4H3;1H/q+1;/p-1. The Labute approximate surface area is 124 Å². The Kier molecular flexibility index (Phi) is 4.94. The molecule has 0 bridgehead atoms. The Hall–Kier alpha value is -0.620. The van der Waals surface area contributed by atoms with Crippen LogP contribution in [-0.4, -0.2) is 14.1 Å². The van der Waals surface area contributed by atoms with Crippen LogP contribution in [0.1, 0.15) is 5.69 Å². The number of aryl methyl sites for hydroxylation is 1. The molecule has 2 rings (SSSR count). The molecule has 0 aliphatic rings. The lowest BCUT2D eigenvalue weighted by Gasteiger charge is -2.11. The molecule has 17 heavy (non-hydrogen) atoms. The number of anilines is 1. The molecule has 0 saturated carbocycles. The normalized spacial score (nSPS) is 9.88. The Morgan fingerprint density at radius 1 is 1.12 bits per heavy atom. The molecule has 0 saturated heterocycles. The first-order valence-corrected chi connectivity index (χ1v) is 6.19. The van der Waals surface area contributed by atoms with E-state index in [9.17, 15) is 0 Å². The van der Waals surface area contributed by atoms with Gasteiger partial charge in [-0.05, 0) is 24.3 Å². The summed E-state index contributed by atoms with van der Waals surface area (Å²) in [6.45, 7) is 2.13. The van der Waals surface area contributed by atoms with E-state index in [2.05, 4.69) is 67.2 Å². The zero-order valence-electron chi connectivity index (χ0n) is 10.6. The van der Waals surface area contributed by atoms with E-state index < -0.39 is 0 Å². The third-order valence-corrected chi connectivity index (χ3v) is 4.00. The lowest BCUT2D eigenvalue weighted by atomic mass is 10.2. The van der Waals surface area contributed by atoms with E-state index in [1.807, 2.05) is 0 Å². The van der Waals surface area contributed by atoms with Gasteiger partial charge in [0.05, 0.1) is 10.9 Å². The van der Waals surface area contributed by atoms with Crippen molar-refractivity contribution in [3.05, 3.63) is 35.3 Å². The third kappa shape index (κ3) is 2.98. The maximum Gasteiger partial charge on any atom is 0.268 e. The third-order valence-electron chi connectivity index (χ3n) is 2.81. The van der Waals surface area contributed by atoms with E-state index in [1.54, 1.807) is 11.3 Å². The first kappa shape index (κ1) is 14.4. The van der Waals surface area contributed by atoms with Crippen molar-refractivity contribution in [1.29, 1.82) is 0 Å². The van der Waals surface area contributed by atoms with E-state index in [0.29, 0.717) is 0 Å². The van der Waals surface area contributed by atoms with Gasteiger partial charge in [-0.2, -0.15) is 4.57 Å². The van der Waals surface area contributed by atoms with Crippen LogP contribution in [0.2, 0.25) is 0 Å². The molecule has 0 unspecified atom stereocenters. The summed E-state index contributed by atoms with van der Waals surface area (Å²) in [6.07, 6.45) is 0. The lowest BCUT2D eigenvalue weighted by Crippen LogP contribution is -3.00. The average Bonchev–Trinajstić information content (AvgIpc) is 2.60. The van der Waals surface area contributed by atoms with Crippen molar-refractivity contribution in [3.63, 3.8) is 0 Å². The van der Waals surface area contributed by atoms with E-state index in [4.69, 9.17) is 0 Å². The van der Waals surface area contributed by atoms with Gasteiger partial charge < -0.3 is 28.9 Å². The smallest absolute Gasteiger partial charge is 0.268 e. The molecule has 2 nitrogen and oxygen atoms in total. The second kappa shape index (κ2) is 5.82. The maximum atomic E-state index is 2.23. The molecule has 1 aromatic heterocycles. The zero-order chi connectivity index (χ0) is 11.7. The Bertz CT molecular complexity index is 489. The van der Waals surface area contributed by atoms with Gasteiger partial charge in [-0.3, -0.25) is 0 Å². The summed E-state index contributed by atoms with van der Waals surface area (Å²) in [5, 5.41) is 3.50. The minimum Gasteiger partial charge on any atom is -1.00 e.